The lowest BCUT2D eigenvalue weighted by Gasteiger charge is -2.42. The minimum atomic E-state index is -0.450. The number of anilines is 3. The molecule has 9 rings (SSSR count). The summed E-state index contributed by atoms with van der Waals surface area (Å²) in [4.78, 5) is 4.96. The van der Waals surface area contributed by atoms with Gasteiger partial charge in [-0.05, 0) is 75.2 Å². The molecule has 0 spiro atoms. The van der Waals surface area contributed by atoms with E-state index in [1.54, 1.807) is 0 Å². The molecule has 0 fully saturated rings. The molecule has 8 aromatic carbocycles. The van der Waals surface area contributed by atoms with Crippen molar-refractivity contribution in [3.63, 3.8) is 0 Å². The predicted octanol–water partition coefficient (Wildman–Crippen LogP) is 12.8. The number of para-hydroxylation sites is 1. The monoisotopic (exact) mass is 643 g/mol. The smallest absolute Gasteiger partial charge is 0.0723 e. The van der Waals surface area contributed by atoms with Gasteiger partial charge in [-0.3, -0.25) is 0 Å². The second-order valence-electron chi connectivity index (χ2n) is 12.5. The molecule has 0 bridgehead atoms. The fourth-order valence-electron chi connectivity index (χ4n) is 7.65. The highest BCUT2D eigenvalue weighted by molar-refractivity contribution is 7.99. The number of rotatable bonds is 6. The number of benzene rings is 8. The van der Waals surface area contributed by atoms with Crippen LogP contribution in [-0.2, 0) is 5.41 Å². The Kier molecular flexibility index (Phi) is 7.37. The predicted molar refractivity (Wildman–Crippen MR) is 206 cm³/mol. The summed E-state index contributed by atoms with van der Waals surface area (Å²) in [6, 6.07) is 72.8. The van der Waals surface area contributed by atoms with Crippen LogP contribution in [0.3, 0.4) is 0 Å². The van der Waals surface area contributed by atoms with Gasteiger partial charge in [0.2, 0.25) is 0 Å². The molecule has 0 amide bonds. The molecule has 49 heavy (non-hydrogen) atoms. The van der Waals surface area contributed by atoms with E-state index in [0.717, 1.165) is 17.1 Å². The maximum absolute atomic E-state index is 2.37. The van der Waals surface area contributed by atoms with Crippen LogP contribution in [-0.4, -0.2) is 0 Å². The van der Waals surface area contributed by atoms with E-state index in [1.165, 1.54) is 53.9 Å². The lowest BCUT2D eigenvalue weighted by molar-refractivity contribution is 0.703. The molecule has 0 saturated carbocycles. The second kappa shape index (κ2) is 12.3. The molecule has 0 aliphatic carbocycles. The van der Waals surface area contributed by atoms with E-state index < -0.39 is 5.41 Å². The van der Waals surface area contributed by atoms with E-state index in [1.807, 2.05) is 11.8 Å². The fourth-order valence-corrected chi connectivity index (χ4v) is 8.98. The SMILES string of the molecule is c1ccc(N(c2ccc(-c3cccc4c3Sc3ccccc3C4(c3ccccc3)c3ccccc3)cc2)c2cccc3ccccc23)cc1. The summed E-state index contributed by atoms with van der Waals surface area (Å²) < 4.78 is 0. The highest BCUT2D eigenvalue weighted by Gasteiger charge is 2.44. The normalized spacial score (nSPS) is 13.0. The summed E-state index contributed by atoms with van der Waals surface area (Å²) in [5.41, 5.74) is 10.6. The van der Waals surface area contributed by atoms with Gasteiger partial charge in [0.05, 0.1) is 11.1 Å². The fraction of sp³-hybridized carbons (Fsp3) is 0.0213. The van der Waals surface area contributed by atoms with Gasteiger partial charge < -0.3 is 4.90 Å². The Bertz CT molecular complexity index is 2360. The quantitative estimate of drug-likeness (QED) is 0.177. The number of hydrogen-bond donors (Lipinski definition) is 0. The van der Waals surface area contributed by atoms with Gasteiger partial charge in [-0.15, -0.1) is 0 Å². The van der Waals surface area contributed by atoms with E-state index in [0.29, 0.717) is 0 Å². The summed E-state index contributed by atoms with van der Waals surface area (Å²) in [6.07, 6.45) is 0. The third-order valence-electron chi connectivity index (χ3n) is 9.79. The van der Waals surface area contributed by atoms with Crippen LogP contribution in [0.1, 0.15) is 22.3 Å². The summed E-state index contributed by atoms with van der Waals surface area (Å²) in [5.74, 6) is 0. The van der Waals surface area contributed by atoms with Gasteiger partial charge in [-0.2, -0.15) is 0 Å². The lowest BCUT2D eigenvalue weighted by atomic mass is 9.64. The average molecular weight is 644 g/mol. The van der Waals surface area contributed by atoms with Crippen molar-refractivity contribution in [1.82, 2.24) is 0 Å². The molecule has 0 N–H and O–H groups in total. The minimum absolute atomic E-state index is 0.450. The number of fused-ring (bicyclic) bond motifs is 3. The van der Waals surface area contributed by atoms with E-state index >= 15 is 0 Å². The van der Waals surface area contributed by atoms with Crippen molar-refractivity contribution in [2.75, 3.05) is 4.90 Å². The van der Waals surface area contributed by atoms with Crippen LogP contribution >= 0.6 is 11.8 Å². The molecule has 0 radical (unpaired) electrons. The zero-order valence-electron chi connectivity index (χ0n) is 26.9. The largest absolute Gasteiger partial charge is 0.310 e. The zero-order chi connectivity index (χ0) is 32.6. The van der Waals surface area contributed by atoms with Crippen LogP contribution in [0.15, 0.2) is 210 Å². The van der Waals surface area contributed by atoms with Gasteiger partial charge >= 0.3 is 0 Å². The molecular weight excluding hydrogens is 611 g/mol. The first-order valence-corrected chi connectivity index (χ1v) is 17.6. The Labute approximate surface area is 292 Å². The van der Waals surface area contributed by atoms with E-state index in [4.69, 9.17) is 0 Å². The van der Waals surface area contributed by atoms with Crippen molar-refractivity contribution in [1.29, 1.82) is 0 Å². The van der Waals surface area contributed by atoms with Gasteiger partial charge in [-0.1, -0.05) is 176 Å². The van der Waals surface area contributed by atoms with Crippen molar-refractivity contribution in [3.8, 4) is 11.1 Å². The lowest BCUT2D eigenvalue weighted by Crippen LogP contribution is -2.34. The first-order valence-electron chi connectivity index (χ1n) is 16.8. The first kappa shape index (κ1) is 29.3. The van der Waals surface area contributed by atoms with Crippen molar-refractivity contribution < 1.29 is 0 Å². The van der Waals surface area contributed by atoms with Crippen molar-refractivity contribution >= 4 is 39.6 Å². The summed E-state index contributed by atoms with van der Waals surface area (Å²) in [6.45, 7) is 0. The van der Waals surface area contributed by atoms with Gasteiger partial charge in [0.25, 0.3) is 0 Å². The van der Waals surface area contributed by atoms with Crippen molar-refractivity contribution in [3.05, 3.63) is 222 Å². The molecule has 0 saturated heterocycles. The number of nitrogens with zero attached hydrogens (tertiary/aromatic N) is 1. The highest BCUT2D eigenvalue weighted by Crippen LogP contribution is 2.57. The molecule has 1 aliphatic rings. The van der Waals surface area contributed by atoms with Gasteiger partial charge in [0.15, 0.2) is 0 Å². The maximum Gasteiger partial charge on any atom is 0.0723 e. The topological polar surface area (TPSA) is 3.24 Å². The molecule has 2 heteroatoms. The Morgan fingerprint density at radius 1 is 0.408 bits per heavy atom. The van der Waals surface area contributed by atoms with Crippen molar-refractivity contribution in [2.24, 2.45) is 0 Å². The van der Waals surface area contributed by atoms with Crippen molar-refractivity contribution in [2.45, 2.75) is 15.2 Å². The van der Waals surface area contributed by atoms with Crippen LogP contribution in [0.4, 0.5) is 17.1 Å². The van der Waals surface area contributed by atoms with Gasteiger partial charge in [-0.25, -0.2) is 0 Å². The van der Waals surface area contributed by atoms with Crippen LogP contribution in [0.2, 0.25) is 0 Å². The van der Waals surface area contributed by atoms with Gasteiger partial charge in [0.1, 0.15) is 0 Å². The number of hydrogen-bond acceptors (Lipinski definition) is 2. The first-order chi connectivity index (χ1) is 24.3. The molecule has 0 aromatic heterocycles. The zero-order valence-corrected chi connectivity index (χ0v) is 27.7. The average Bonchev–Trinajstić information content (AvgIpc) is 3.18. The summed E-state index contributed by atoms with van der Waals surface area (Å²) in [7, 11) is 0. The Hall–Kier alpha value is -5.83. The highest BCUT2D eigenvalue weighted by atomic mass is 32.2. The van der Waals surface area contributed by atoms with Crippen LogP contribution < -0.4 is 4.90 Å². The molecule has 0 unspecified atom stereocenters. The molecule has 232 valence electrons. The van der Waals surface area contributed by atoms with E-state index in [2.05, 4.69) is 205 Å². The van der Waals surface area contributed by atoms with Gasteiger partial charge in [0, 0.05) is 26.6 Å². The summed E-state index contributed by atoms with van der Waals surface area (Å²) >= 11 is 1.89. The Morgan fingerprint density at radius 2 is 0.959 bits per heavy atom. The third kappa shape index (κ3) is 4.87. The molecular formula is C47H33NS. The Balaban J connectivity index is 1.22. The molecule has 1 aliphatic heterocycles. The molecule has 1 nitrogen and oxygen atoms in total. The third-order valence-corrected chi connectivity index (χ3v) is 11.0. The Morgan fingerprint density at radius 3 is 1.69 bits per heavy atom. The van der Waals surface area contributed by atoms with Crippen LogP contribution in [0.25, 0.3) is 21.9 Å². The van der Waals surface area contributed by atoms with Crippen LogP contribution in [0, 0.1) is 0 Å². The molecule has 8 aromatic rings. The maximum atomic E-state index is 2.37. The van der Waals surface area contributed by atoms with E-state index in [-0.39, 0.29) is 0 Å². The van der Waals surface area contributed by atoms with E-state index in [9.17, 15) is 0 Å². The minimum Gasteiger partial charge on any atom is -0.310 e. The molecule has 1 heterocycles. The molecule has 0 atom stereocenters. The second-order valence-corrected chi connectivity index (χ2v) is 13.5. The standard InChI is InChI=1S/C47H33NS/c1-4-18-36(19-5-1)47(37-20-6-2-7-21-37)42-26-12-13-29-45(42)49-46-41(25-15-27-43(46)47)35-30-32-39(33-31-35)48(38-22-8-3-9-23-38)44-28-14-17-34-16-10-11-24-40(34)44/h1-33H. The summed E-state index contributed by atoms with van der Waals surface area (Å²) in [5, 5.41) is 2.45. The van der Waals surface area contributed by atoms with Crippen LogP contribution in [0.5, 0.6) is 0 Å².